The molecule has 1 radical (unpaired) electrons. The van der Waals surface area contributed by atoms with Gasteiger partial charge in [-0.3, -0.25) is 4.79 Å². The fraction of sp³-hybridized carbons (Fsp3) is 0.714. The van der Waals surface area contributed by atoms with Crippen LogP contribution in [-0.2, 0) is 36.2 Å². The van der Waals surface area contributed by atoms with E-state index in [1.807, 2.05) is 0 Å². The van der Waals surface area contributed by atoms with Gasteiger partial charge in [0.1, 0.15) is 0 Å². The molecule has 0 atom stereocenters. The van der Waals surface area contributed by atoms with E-state index in [0.29, 0.717) is 0 Å². The molecule has 1 fully saturated rings. The van der Waals surface area contributed by atoms with Crippen LogP contribution in [0.2, 0.25) is 0 Å². The maximum Gasteiger partial charge on any atom is 3.00 e. The third kappa shape index (κ3) is 133. The molecule has 10 nitrogen and oxygen atoms in total. The minimum absolute atomic E-state index is 0. The number of hydrogen-bond donors (Lipinski definition) is 3. The van der Waals surface area contributed by atoms with Crippen LogP contribution in [-0.4, -0.2) is 34.6 Å². The largest absolute Gasteiger partial charge is 3.00 e. The van der Waals surface area contributed by atoms with E-state index < -0.39 is 23.9 Å². The van der Waals surface area contributed by atoms with Crippen LogP contribution in [0.5, 0.6) is 0 Å². The number of nitrogens with two attached hydrogens (primary N) is 2. The zero-order valence-corrected chi connectivity index (χ0v) is 16.0. The number of aliphatic carboxylic acids is 4. The molecular weight excluding hydrogens is 380 g/mol. The standard InChI is InChI=1S/C6H14N2.4C2H4O2.Fe/c7-6(8)4-2-1-3-5-6;4*1-2(3)4;/h1-5,7-8H2;4*1H3,(H,3,4);/q;;;;;+3/p-3. The molecule has 0 saturated heterocycles. The summed E-state index contributed by atoms with van der Waals surface area (Å²) in [6.45, 7) is 4.00. The van der Waals surface area contributed by atoms with Crippen molar-refractivity contribution in [3.8, 4) is 0 Å². The normalized spacial score (nSPS) is 12.9. The second kappa shape index (κ2) is 22.3. The molecule has 0 aromatic rings. The number of carbonyl (C=O) groups excluding carboxylic acids is 3. The molecule has 0 unspecified atom stereocenters. The fourth-order valence-electron chi connectivity index (χ4n) is 1.21. The van der Waals surface area contributed by atoms with Gasteiger partial charge < -0.3 is 46.3 Å². The van der Waals surface area contributed by atoms with E-state index in [2.05, 4.69) is 0 Å². The fourth-order valence-corrected chi connectivity index (χ4v) is 1.21. The average molecular weight is 407 g/mol. The van der Waals surface area contributed by atoms with E-state index in [0.717, 1.165) is 40.5 Å². The molecule has 5 N–H and O–H groups in total. The van der Waals surface area contributed by atoms with Gasteiger partial charge in [0.2, 0.25) is 0 Å². The molecule has 0 aromatic carbocycles. The number of carbonyl (C=O) groups is 4. The summed E-state index contributed by atoms with van der Waals surface area (Å²) < 4.78 is 0. The van der Waals surface area contributed by atoms with Crippen LogP contribution in [0, 0.1) is 0 Å². The van der Waals surface area contributed by atoms with Gasteiger partial charge in [-0.05, 0) is 33.6 Å². The van der Waals surface area contributed by atoms with Crippen molar-refractivity contribution in [1.82, 2.24) is 0 Å². The minimum atomic E-state index is -1.08. The van der Waals surface area contributed by atoms with Crippen molar-refractivity contribution in [3.63, 3.8) is 0 Å². The van der Waals surface area contributed by atoms with E-state index in [1.165, 1.54) is 19.3 Å². The number of rotatable bonds is 0. The second-order valence-corrected chi connectivity index (χ2v) is 4.79. The number of carboxylic acids is 4. The topological polar surface area (TPSA) is 210 Å². The monoisotopic (exact) mass is 407 g/mol. The summed E-state index contributed by atoms with van der Waals surface area (Å²) in [5.74, 6) is -4.08. The quantitative estimate of drug-likeness (QED) is 0.272. The van der Waals surface area contributed by atoms with Gasteiger partial charge in [0, 0.05) is 24.8 Å². The van der Waals surface area contributed by atoms with Crippen molar-refractivity contribution in [2.45, 2.75) is 65.5 Å². The smallest absolute Gasteiger partial charge is 0.550 e. The first-order chi connectivity index (χ1) is 10.6. The minimum Gasteiger partial charge on any atom is -0.550 e. The molecule has 0 amide bonds. The molecule has 149 valence electrons. The summed E-state index contributed by atoms with van der Waals surface area (Å²) in [5.41, 5.74) is 11.0. The Morgan fingerprint density at radius 3 is 1.00 bits per heavy atom. The summed E-state index contributed by atoms with van der Waals surface area (Å²) >= 11 is 0. The van der Waals surface area contributed by atoms with Gasteiger partial charge >= 0.3 is 17.1 Å². The second-order valence-electron chi connectivity index (χ2n) is 4.79. The first-order valence-electron chi connectivity index (χ1n) is 6.94. The Morgan fingerprint density at radius 1 is 0.760 bits per heavy atom. The van der Waals surface area contributed by atoms with Crippen molar-refractivity contribution >= 4 is 23.9 Å². The van der Waals surface area contributed by atoms with Gasteiger partial charge in [0.05, 0.1) is 5.66 Å². The van der Waals surface area contributed by atoms with Gasteiger partial charge in [0.25, 0.3) is 5.97 Å². The number of hydrogen-bond acceptors (Lipinski definition) is 9. The van der Waals surface area contributed by atoms with Crippen molar-refractivity contribution < 1.29 is 56.7 Å². The van der Waals surface area contributed by atoms with Crippen LogP contribution in [0.3, 0.4) is 0 Å². The van der Waals surface area contributed by atoms with Crippen LogP contribution in [0.15, 0.2) is 0 Å². The van der Waals surface area contributed by atoms with Gasteiger partial charge in [-0.25, -0.2) is 0 Å². The molecule has 1 rings (SSSR count). The summed E-state index contributed by atoms with van der Waals surface area (Å²) in [6.07, 6.45) is 5.76. The Kier molecular flexibility index (Phi) is 30.9. The van der Waals surface area contributed by atoms with E-state index in [9.17, 15) is 0 Å². The summed E-state index contributed by atoms with van der Waals surface area (Å²) in [5, 5.41) is 34.1. The Balaban J connectivity index is -0.0000000695. The molecule has 0 spiro atoms. The third-order valence-electron chi connectivity index (χ3n) is 1.78. The first-order valence-corrected chi connectivity index (χ1v) is 6.94. The van der Waals surface area contributed by atoms with E-state index in [1.54, 1.807) is 0 Å². The Hall–Kier alpha value is -1.68. The Morgan fingerprint density at radius 2 is 0.920 bits per heavy atom. The van der Waals surface area contributed by atoms with Gasteiger partial charge in [0.15, 0.2) is 0 Å². The van der Waals surface area contributed by atoms with Crippen LogP contribution in [0.4, 0.5) is 0 Å². The molecular formula is C14H27FeN2O8. The molecule has 0 heterocycles. The third-order valence-corrected chi connectivity index (χ3v) is 1.78. The van der Waals surface area contributed by atoms with Crippen molar-refractivity contribution in [2.24, 2.45) is 11.5 Å². The van der Waals surface area contributed by atoms with Crippen molar-refractivity contribution in [1.29, 1.82) is 0 Å². The van der Waals surface area contributed by atoms with Crippen molar-refractivity contribution in [2.75, 3.05) is 0 Å². The molecule has 1 aliphatic carbocycles. The molecule has 0 aromatic heterocycles. The molecule has 11 heteroatoms. The number of carboxylic acid groups (broad SMARTS) is 4. The van der Waals surface area contributed by atoms with Crippen LogP contribution < -0.4 is 26.8 Å². The van der Waals surface area contributed by atoms with Crippen LogP contribution in [0.1, 0.15) is 59.8 Å². The molecule has 1 aliphatic rings. The first kappa shape index (κ1) is 34.6. The maximum absolute atomic E-state index is 9.00. The molecule has 0 aliphatic heterocycles. The van der Waals surface area contributed by atoms with Crippen LogP contribution >= 0.6 is 0 Å². The molecule has 0 bridgehead atoms. The SMILES string of the molecule is CC(=O)O.CC(=O)[O-].CC(=O)[O-].CC(=O)[O-].NC1(N)CCCCC1.[Fe+3]. The maximum atomic E-state index is 9.00. The van der Waals surface area contributed by atoms with E-state index in [-0.39, 0.29) is 22.7 Å². The summed E-state index contributed by atoms with van der Waals surface area (Å²) in [4.78, 5) is 35.7. The van der Waals surface area contributed by atoms with Crippen LogP contribution in [0.25, 0.3) is 0 Å². The zero-order valence-electron chi connectivity index (χ0n) is 14.8. The average Bonchev–Trinajstić information content (AvgIpc) is 2.24. The summed E-state index contributed by atoms with van der Waals surface area (Å²) in [7, 11) is 0. The Labute approximate surface area is 158 Å². The van der Waals surface area contributed by atoms with Gasteiger partial charge in [-0.2, -0.15) is 0 Å². The van der Waals surface area contributed by atoms with Crippen molar-refractivity contribution in [3.05, 3.63) is 0 Å². The van der Waals surface area contributed by atoms with E-state index in [4.69, 9.17) is 51.1 Å². The van der Waals surface area contributed by atoms with E-state index >= 15 is 0 Å². The zero-order chi connectivity index (χ0) is 20.3. The van der Waals surface area contributed by atoms with Gasteiger partial charge in [-0.1, -0.05) is 19.3 Å². The Bertz CT molecular complexity index is 304. The molecule has 25 heavy (non-hydrogen) atoms. The summed E-state index contributed by atoms with van der Waals surface area (Å²) in [6, 6.07) is 0. The predicted octanol–water partition coefficient (Wildman–Crippen LogP) is -3.08. The van der Waals surface area contributed by atoms with Gasteiger partial charge in [-0.15, -0.1) is 0 Å². The molecule has 1 saturated carbocycles. The predicted molar refractivity (Wildman–Crippen MR) is 79.5 cm³/mol.